The van der Waals surface area contributed by atoms with Crippen LogP contribution in [0.2, 0.25) is 0 Å². The van der Waals surface area contributed by atoms with Gasteiger partial charge in [0.15, 0.2) is 0 Å². The number of fused-ring (bicyclic) bond motifs is 1. The minimum Gasteiger partial charge on any atom is -0.307 e. The van der Waals surface area contributed by atoms with Crippen molar-refractivity contribution in [3.63, 3.8) is 0 Å². The second-order valence-corrected chi connectivity index (χ2v) is 8.42. The number of benzene rings is 2. The maximum atomic E-state index is 12.6. The monoisotopic (exact) mass is 423 g/mol. The highest BCUT2D eigenvalue weighted by Crippen LogP contribution is 2.34. The van der Waals surface area contributed by atoms with Gasteiger partial charge in [0.2, 0.25) is 5.91 Å². The first-order valence-electron chi connectivity index (χ1n) is 9.11. The molecule has 152 valence electrons. The number of anilines is 2. The zero-order chi connectivity index (χ0) is 21.3. The van der Waals surface area contributed by atoms with E-state index >= 15 is 0 Å². The van der Waals surface area contributed by atoms with Crippen molar-refractivity contribution in [1.82, 2.24) is 4.72 Å². The van der Waals surface area contributed by atoms with E-state index in [1.54, 1.807) is 42.5 Å². The number of nitrogens with zero attached hydrogens (tertiary/aromatic N) is 1. The Hall–Kier alpha value is -3.72. The van der Waals surface area contributed by atoms with Crippen LogP contribution in [0.3, 0.4) is 0 Å². The van der Waals surface area contributed by atoms with E-state index in [0.29, 0.717) is 17.7 Å². The normalized spacial score (nSPS) is 18.1. The Kier molecular flexibility index (Phi) is 4.96. The summed E-state index contributed by atoms with van der Waals surface area (Å²) in [6.07, 6.45) is 5.65. The number of urea groups is 1. The summed E-state index contributed by atoms with van der Waals surface area (Å²) in [7, 11) is -4.14. The average molecular weight is 423 g/mol. The second kappa shape index (κ2) is 7.60. The Morgan fingerprint density at radius 1 is 1.00 bits per heavy atom. The van der Waals surface area contributed by atoms with E-state index in [4.69, 9.17) is 0 Å². The van der Waals surface area contributed by atoms with Crippen molar-refractivity contribution >= 4 is 39.2 Å². The lowest BCUT2D eigenvalue weighted by Gasteiger charge is -2.15. The van der Waals surface area contributed by atoms with Gasteiger partial charge < -0.3 is 5.32 Å². The van der Waals surface area contributed by atoms with Crippen LogP contribution in [0.25, 0.3) is 0 Å². The molecule has 8 nitrogen and oxygen atoms in total. The lowest BCUT2D eigenvalue weighted by atomic mass is 9.94. The molecule has 1 saturated heterocycles. The fourth-order valence-electron chi connectivity index (χ4n) is 3.35. The number of allylic oxidation sites excluding steroid dienone is 3. The summed E-state index contributed by atoms with van der Waals surface area (Å²) in [4.78, 5) is 38.0. The molecule has 0 saturated carbocycles. The molecule has 2 aliphatic rings. The zero-order valence-electron chi connectivity index (χ0n) is 15.6. The van der Waals surface area contributed by atoms with Crippen LogP contribution < -0.4 is 14.9 Å². The molecule has 1 unspecified atom stereocenters. The van der Waals surface area contributed by atoms with Gasteiger partial charge in [0.1, 0.15) is 0 Å². The van der Waals surface area contributed by atoms with E-state index in [0.717, 1.165) is 4.90 Å². The van der Waals surface area contributed by atoms with Gasteiger partial charge in [-0.15, -0.1) is 0 Å². The number of nitrogens with one attached hydrogen (secondary N) is 2. The molecule has 30 heavy (non-hydrogen) atoms. The maximum Gasteiger partial charge on any atom is 0.333 e. The molecule has 1 aliphatic carbocycles. The van der Waals surface area contributed by atoms with Gasteiger partial charge in [-0.05, 0) is 42.8 Å². The van der Waals surface area contributed by atoms with Crippen LogP contribution in [0.4, 0.5) is 16.2 Å². The van der Waals surface area contributed by atoms with Crippen molar-refractivity contribution in [2.24, 2.45) is 5.92 Å². The van der Waals surface area contributed by atoms with Gasteiger partial charge in [-0.3, -0.25) is 9.59 Å². The highest BCUT2D eigenvalue weighted by Gasteiger charge is 2.43. The van der Waals surface area contributed by atoms with Crippen LogP contribution in [-0.4, -0.2) is 26.3 Å². The second-order valence-electron chi connectivity index (χ2n) is 6.74. The van der Waals surface area contributed by atoms with Gasteiger partial charge in [0.05, 0.1) is 16.5 Å². The molecule has 0 spiro atoms. The quantitative estimate of drug-likeness (QED) is 0.734. The number of para-hydroxylation sites is 1. The van der Waals surface area contributed by atoms with Crippen molar-refractivity contribution in [2.45, 2.75) is 11.3 Å². The van der Waals surface area contributed by atoms with Gasteiger partial charge >= 0.3 is 6.03 Å². The van der Waals surface area contributed by atoms with Crippen molar-refractivity contribution in [2.75, 3.05) is 10.2 Å². The number of rotatable bonds is 4. The SMILES string of the molecule is O=C(Nc1ccccc1)NS(=O)(=O)c1ccc(N2C(=O)C3=CC=CCC3C2=O)cc1. The summed E-state index contributed by atoms with van der Waals surface area (Å²) in [5.74, 6) is -1.26. The van der Waals surface area contributed by atoms with Crippen molar-refractivity contribution in [3.05, 3.63) is 78.4 Å². The van der Waals surface area contributed by atoms with Gasteiger partial charge in [-0.1, -0.05) is 36.4 Å². The molecule has 1 fully saturated rings. The summed E-state index contributed by atoms with van der Waals surface area (Å²) in [5, 5.41) is 2.43. The van der Waals surface area contributed by atoms with Crippen molar-refractivity contribution in [3.8, 4) is 0 Å². The Bertz CT molecular complexity index is 1180. The minimum atomic E-state index is -4.14. The number of sulfonamides is 1. The first-order chi connectivity index (χ1) is 14.4. The van der Waals surface area contributed by atoms with Gasteiger partial charge in [0.25, 0.3) is 15.9 Å². The predicted molar refractivity (Wildman–Crippen MR) is 110 cm³/mol. The Balaban J connectivity index is 1.50. The molecule has 2 aromatic carbocycles. The Morgan fingerprint density at radius 2 is 1.70 bits per heavy atom. The van der Waals surface area contributed by atoms with E-state index < -0.39 is 27.9 Å². The average Bonchev–Trinajstić information content (AvgIpc) is 2.99. The molecule has 1 heterocycles. The lowest BCUT2D eigenvalue weighted by Crippen LogP contribution is -2.34. The first kappa shape index (κ1) is 19.6. The molecule has 0 radical (unpaired) electrons. The summed E-state index contributed by atoms with van der Waals surface area (Å²) >= 11 is 0. The predicted octanol–water partition coefficient (Wildman–Crippen LogP) is 2.57. The van der Waals surface area contributed by atoms with Crippen LogP contribution in [0, 0.1) is 5.92 Å². The number of hydrogen-bond acceptors (Lipinski definition) is 5. The van der Waals surface area contributed by atoms with Gasteiger partial charge in [-0.2, -0.15) is 0 Å². The minimum absolute atomic E-state index is 0.174. The van der Waals surface area contributed by atoms with Crippen LogP contribution in [0.5, 0.6) is 0 Å². The molecule has 1 atom stereocenters. The molecule has 0 bridgehead atoms. The molecule has 1 aliphatic heterocycles. The number of carbonyl (C=O) groups excluding carboxylic acids is 3. The van der Waals surface area contributed by atoms with E-state index in [1.165, 1.54) is 24.3 Å². The largest absolute Gasteiger partial charge is 0.333 e. The van der Waals surface area contributed by atoms with E-state index in [2.05, 4.69) is 5.32 Å². The third-order valence-electron chi connectivity index (χ3n) is 4.79. The summed E-state index contributed by atoms with van der Waals surface area (Å²) < 4.78 is 26.9. The number of hydrogen-bond donors (Lipinski definition) is 2. The highest BCUT2D eigenvalue weighted by molar-refractivity contribution is 7.90. The summed E-state index contributed by atoms with van der Waals surface area (Å²) in [5.41, 5.74) is 1.14. The molecule has 0 aromatic heterocycles. The third kappa shape index (κ3) is 3.62. The molecule has 2 aromatic rings. The number of amides is 4. The molecular weight excluding hydrogens is 406 g/mol. The topological polar surface area (TPSA) is 113 Å². The summed E-state index contributed by atoms with van der Waals surface area (Å²) in [6.45, 7) is 0. The van der Waals surface area contributed by atoms with E-state index in [1.807, 2.05) is 10.8 Å². The summed E-state index contributed by atoms with van der Waals surface area (Å²) in [6, 6.07) is 12.7. The van der Waals surface area contributed by atoms with Crippen molar-refractivity contribution in [1.29, 1.82) is 0 Å². The molecule has 4 amide bonds. The van der Waals surface area contributed by atoms with Gasteiger partial charge in [0, 0.05) is 11.3 Å². The van der Waals surface area contributed by atoms with Crippen LogP contribution in [-0.2, 0) is 19.6 Å². The third-order valence-corrected chi connectivity index (χ3v) is 6.14. The standard InChI is InChI=1S/C21H17N3O5S/c25-19-17-8-4-5-9-18(17)20(26)24(19)15-10-12-16(13-11-15)30(28,29)23-21(27)22-14-6-2-1-3-7-14/h1-8,10-13,18H,9H2,(H2,22,23,27). The van der Waals surface area contributed by atoms with E-state index in [-0.39, 0.29) is 16.5 Å². The molecule has 4 rings (SSSR count). The zero-order valence-corrected chi connectivity index (χ0v) is 16.4. The number of carbonyl (C=O) groups is 3. The highest BCUT2D eigenvalue weighted by atomic mass is 32.2. The molecule has 9 heteroatoms. The van der Waals surface area contributed by atoms with Crippen LogP contribution in [0.15, 0.2) is 83.3 Å². The van der Waals surface area contributed by atoms with Crippen molar-refractivity contribution < 1.29 is 22.8 Å². The fraction of sp³-hybridized carbons (Fsp3) is 0.0952. The fourth-order valence-corrected chi connectivity index (χ4v) is 4.25. The maximum absolute atomic E-state index is 12.6. The van der Waals surface area contributed by atoms with Gasteiger partial charge in [-0.25, -0.2) is 22.8 Å². The molecule has 2 N–H and O–H groups in total. The lowest BCUT2D eigenvalue weighted by molar-refractivity contribution is -0.122. The Labute approximate surface area is 172 Å². The number of imide groups is 1. The smallest absolute Gasteiger partial charge is 0.307 e. The van der Waals surface area contributed by atoms with Crippen LogP contribution >= 0.6 is 0 Å². The first-order valence-corrected chi connectivity index (χ1v) is 10.6. The Morgan fingerprint density at radius 3 is 2.37 bits per heavy atom. The molecular formula is C21H17N3O5S. The van der Waals surface area contributed by atoms with E-state index in [9.17, 15) is 22.8 Å². The van der Waals surface area contributed by atoms with Crippen LogP contribution in [0.1, 0.15) is 6.42 Å².